The van der Waals surface area contributed by atoms with Crippen LogP contribution in [0.4, 0.5) is 0 Å². The number of hydrogen-bond donors (Lipinski definition) is 4. The van der Waals surface area contributed by atoms with Gasteiger partial charge in [0, 0.05) is 0 Å². The number of hydrogen-bond acceptors (Lipinski definition) is 4. The highest BCUT2D eigenvalue weighted by Gasteiger charge is 2.40. The van der Waals surface area contributed by atoms with Gasteiger partial charge in [0.05, 0.1) is 34.2 Å². The van der Waals surface area contributed by atoms with Crippen LogP contribution in [-0.2, 0) is 0 Å². The summed E-state index contributed by atoms with van der Waals surface area (Å²) in [7, 11) is 0. The lowest BCUT2D eigenvalue weighted by Crippen LogP contribution is -2.46. The monoisotopic (exact) mass is 286 g/mol. The average molecular weight is 286 g/mol. The second-order valence-corrected chi connectivity index (χ2v) is 7.77. The van der Waals surface area contributed by atoms with Crippen molar-refractivity contribution in [2.24, 2.45) is 11.8 Å². The maximum Gasteiger partial charge on any atom is 0.0766 e. The summed E-state index contributed by atoms with van der Waals surface area (Å²) in [6.07, 6.45) is 0. The first-order chi connectivity index (χ1) is 8.47. The van der Waals surface area contributed by atoms with Crippen molar-refractivity contribution in [2.75, 3.05) is 0 Å². The van der Waals surface area contributed by atoms with Crippen LogP contribution >= 0.6 is 0 Å². The van der Waals surface area contributed by atoms with Crippen LogP contribution in [0.3, 0.4) is 0 Å². The van der Waals surface area contributed by atoms with Gasteiger partial charge in [-0.25, -0.2) is 0 Å². The van der Waals surface area contributed by atoms with Crippen LogP contribution in [0.2, 0.25) is 0 Å². The van der Waals surface area contributed by atoms with Crippen molar-refractivity contribution in [3.05, 3.63) is 0 Å². The molecule has 0 aromatic carbocycles. The molecule has 0 unspecified atom stereocenters. The fourth-order valence-electron chi connectivity index (χ4n) is 2.60. The second-order valence-electron chi connectivity index (χ2n) is 7.77. The fourth-order valence-corrected chi connectivity index (χ4v) is 2.60. The third-order valence-electron chi connectivity index (χ3n) is 3.20. The summed E-state index contributed by atoms with van der Waals surface area (Å²) in [5, 5.41) is 40.6. The van der Waals surface area contributed by atoms with Crippen molar-refractivity contribution in [1.29, 1.82) is 0 Å². The van der Waals surface area contributed by atoms with Gasteiger partial charge in [0.2, 0.25) is 0 Å². The highest BCUT2D eigenvalue weighted by molar-refractivity contribution is 5.19. The van der Waals surface area contributed by atoms with E-state index in [1.54, 1.807) is 55.4 Å². The van der Waals surface area contributed by atoms with E-state index >= 15 is 0 Å². The maximum atomic E-state index is 10.1. The Balaban J connectivity index is 5.65. The molecule has 0 saturated heterocycles. The molecule has 0 heterocycles. The smallest absolute Gasteiger partial charge is 0.0766 e. The van der Waals surface area contributed by atoms with Gasteiger partial charge in [-0.05, 0) is 55.4 Å². The molecular formula is C16H30O4. The van der Waals surface area contributed by atoms with Gasteiger partial charge >= 0.3 is 0 Å². The van der Waals surface area contributed by atoms with Gasteiger partial charge in [-0.2, -0.15) is 0 Å². The summed E-state index contributed by atoms with van der Waals surface area (Å²) >= 11 is 0. The number of aliphatic hydroxyl groups is 4. The van der Waals surface area contributed by atoms with E-state index in [-0.39, 0.29) is 0 Å². The van der Waals surface area contributed by atoms with E-state index in [9.17, 15) is 20.4 Å². The molecule has 0 spiro atoms. The lowest BCUT2D eigenvalue weighted by Gasteiger charge is -2.37. The first-order valence-electron chi connectivity index (χ1n) is 6.88. The van der Waals surface area contributed by atoms with Crippen molar-refractivity contribution >= 4 is 0 Å². The molecule has 0 aromatic heterocycles. The van der Waals surface area contributed by atoms with Gasteiger partial charge in [0.15, 0.2) is 0 Å². The molecule has 0 bridgehead atoms. The predicted molar refractivity (Wildman–Crippen MR) is 79.9 cm³/mol. The van der Waals surface area contributed by atoms with Gasteiger partial charge < -0.3 is 20.4 Å². The molecule has 0 radical (unpaired) electrons. The van der Waals surface area contributed by atoms with E-state index < -0.39 is 34.2 Å². The SMILES string of the molecule is CC(C)(O)C(C#CC(C(C)(C)O)C(C)(C)O)C(C)(C)O. The number of rotatable bonds is 4. The average Bonchev–Trinajstić information content (AvgIpc) is 2.02. The molecule has 4 heteroatoms. The zero-order valence-corrected chi connectivity index (χ0v) is 13.9. The third-order valence-corrected chi connectivity index (χ3v) is 3.20. The van der Waals surface area contributed by atoms with Crippen LogP contribution in [-0.4, -0.2) is 42.8 Å². The second kappa shape index (κ2) is 5.65. The third kappa shape index (κ3) is 5.80. The van der Waals surface area contributed by atoms with Crippen LogP contribution in [0, 0.1) is 23.7 Å². The minimum atomic E-state index is -1.20. The summed E-state index contributed by atoms with van der Waals surface area (Å²) in [6.45, 7) is 12.6. The first-order valence-corrected chi connectivity index (χ1v) is 6.88. The van der Waals surface area contributed by atoms with Gasteiger partial charge in [-0.15, -0.1) is 0 Å². The molecule has 0 atom stereocenters. The molecule has 0 aliphatic carbocycles. The molecule has 0 amide bonds. The predicted octanol–water partition coefficient (Wildman–Crippen LogP) is 1.31. The van der Waals surface area contributed by atoms with Crippen LogP contribution in [0.5, 0.6) is 0 Å². The molecule has 0 aliphatic rings. The molecule has 20 heavy (non-hydrogen) atoms. The quantitative estimate of drug-likeness (QED) is 0.587. The molecule has 0 saturated carbocycles. The summed E-state index contributed by atoms with van der Waals surface area (Å²) in [5.41, 5.74) is -4.80. The molecule has 0 rings (SSSR count). The molecule has 118 valence electrons. The van der Waals surface area contributed by atoms with E-state index in [0.29, 0.717) is 0 Å². The van der Waals surface area contributed by atoms with E-state index in [4.69, 9.17) is 0 Å². The van der Waals surface area contributed by atoms with Gasteiger partial charge in [0.1, 0.15) is 0 Å². The molecule has 0 fully saturated rings. The topological polar surface area (TPSA) is 80.9 Å². The summed E-state index contributed by atoms with van der Waals surface area (Å²) < 4.78 is 0. The van der Waals surface area contributed by atoms with E-state index in [0.717, 1.165) is 0 Å². The molecule has 0 aliphatic heterocycles. The maximum absolute atomic E-state index is 10.1. The lowest BCUT2D eigenvalue weighted by atomic mass is 9.76. The molecule has 4 N–H and O–H groups in total. The van der Waals surface area contributed by atoms with Gasteiger partial charge in [-0.1, -0.05) is 11.8 Å². The fraction of sp³-hybridized carbons (Fsp3) is 0.875. The van der Waals surface area contributed by atoms with Gasteiger partial charge in [-0.3, -0.25) is 0 Å². The Bertz CT molecular complexity index is 310. The highest BCUT2D eigenvalue weighted by atomic mass is 16.3. The van der Waals surface area contributed by atoms with E-state index in [1.165, 1.54) is 0 Å². The Labute approximate surface area is 122 Å². The zero-order valence-electron chi connectivity index (χ0n) is 13.9. The first kappa shape index (κ1) is 19.4. The van der Waals surface area contributed by atoms with Crippen LogP contribution in [0.25, 0.3) is 0 Å². The molecular weight excluding hydrogens is 256 g/mol. The van der Waals surface area contributed by atoms with Crippen LogP contribution in [0.1, 0.15) is 55.4 Å². The van der Waals surface area contributed by atoms with Crippen molar-refractivity contribution in [3.8, 4) is 11.8 Å². The molecule has 4 nitrogen and oxygen atoms in total. The van der Waals surface area contributed by atoms with Crippen molar-refractivity contribution in [2.45, 2.75) is 77.8 Å². The standard InChI is InChI=1S/C16H30O4/c1-13(2,17)11(14(3,4)18)9-10-12(15(5,6)19)16(7,8)20/h11-12,17-20H,1-8H3. The minimum Gasteiger partial charge on any atom is -0.389 e. The summed E-state index contributed by atoms with van der Waals surface area (Å²) in [6, 6.07) is 0. The van der Waals surface area contributed by atoms with Crippen LogP contribution in [0.15, 0.2) is 0 Å². The Hall–Kier alpha value is -0.600. The molecule has 0 aromatic rings. The summed E-state index contributed by atoms with van der Waals surface area (Å²) in [5.74, 6) is 4.27. The normalized spacial score (nSPS) is 14.5. The van der Waals surface area contributed by atoms with Crippen molar-refractivity contribution < 1.29 is 20.4 Å². The highest BCUT2D eigenvalue weighted by Crippen LogP contribution is 2.30. The van der Waals surface area contributed by atoms with Crippen molar-refractivity contribution in [1.82, 2.24) is 0 Å². The zero-order chi connectivity index (χ0) is 16.6. The van der Waals surface area contributed by atoms with Gasteiger partial charge in [0.25, 0.3) is 0 Å². The Morgan fingerprint density at radius 1 is 0.500 bits per heavy atom. The van der Waals surface area contributed by atoms with E-state index in [1.807, 2.05) is 0 Å². The summed E-state index contributed by atoms with van der Waals surface area (Å²) in [4.78, 5) is 0. The lowest BCUT2D eigenvalue weighted by molar-refractivity contribution is -0.0695. The van der Waals surface area contributed by atoms with E-state index in [2.05, 4.69) is 11.8 Å². The minimum absolute atomic E-state index is 0.706. The Kier molecular flexibility index (Phi) is 5.48. The Morgan fingerprint density at radius 2 is 0.650 bits per heavy atom. The van der Waals surface area contributed by atoms with Crippen LogP contribution < -0.4 is 0 Å². The Morgan fingerprint density at radius 3 is 0.750 bits per heavy atom. The van der Waals surface area contributed by atoms with Crippen molar-refractivity contribution in [3.63, 3.8) is 0 Å². The largest absolute Gasteiger partial charge is 0.389 e.